The first kappa shape index (κ1) is 14.7. The van der Waals surface area contributed by atoms with Crippen LogP contribution >= 0.6 is 11.3 Å². The molecule has 0 radical (unpaired) electrons. The minimum Gasteiger partial charge on any atom is -0.479 e. The normalized spacial score (nSPS) is 21.6. The van der Waals surface area contributed by atoms with Gasteiger partial charge in [-0.2, -0.15) is 0 Å². The molecule has 2 unspecified atom stereocenters. The number of hydrogen-bond donors (Lipinski definition) is 3. The number of carbonyl (C=O) groups is 2. The fourth-order valence-electron chi connectivity index (χ4n) is 1.96. The first-order valence-corrected chi connectivity index (χ1v) is 7.23. The highest BCUT2D eigenvalue weighted by atomic mass is 32.1. The van der Waals surface area contributed by atoms with Gasteiger partial charge in [-0.1, -0.05) is 0 Å². The lowest BCUT2D eigenvalue weighted by Gasteiger charge is -2.12. The standard InChI is InChI=1S/C12H17N3O4S/c1-7-10(20-6-15-7)5-14-12(18)13-4-8-2-3-9(19-8)11(16)17/h6,8-9H,2-5H2,1H3,(H,16,17)(H2,13,14,18). The average molecular weight is 299 g/mol. The second-order valence-electron chi connectivity index (χ2n) is 4.59. The van der Waals surface area contributed by atoms with E-state index < -0.39 is 12.1 Å². The van der Waals surface area contributed by atoms with Gasteiger partial charge in [0.15, 0.2) is 6.10 Å². The highest BCUT2D eigenvalue weighted by Crippen LogP contribution is 2.19. The minimum absolute atomic E-state index is 0.230. The number of nitrogens with zero attached hydrogens (tertiary/aromatic N) is 1. The Labute approximate surface area is 120 Å². The molecule has 110 valence electrons. The molecule has 2 atom stereocenters. The molecule has 0 aromatic carbocycles. The topological polar surface area (TPSA) is 101 Å². The summed E-state index contributed by atoms with van der Waals surface area (Å²) >= 11 is 1.49. The SMILES string of the molecule is Cc1ncsc1CNC(=O)NCC1CCC(C(=O)O)O1. The molecule has 0 bridgehead atoms. The maximum Gasteiger partial charge on any atom is 0.332 e. The van der Waals surface area contributed by atoms with Crippen molar-refractivity contribution in [1.29, 1.82) is 0 Å². The van der Waals surface area contributed by atoms with Crippen LogP contribution in [-0.2, 0) is 16.1 Å². The zero-order valence-corrected chi connectivity index (χ0v) is 11.9. The summed E-state index contributed by atoms with van der Waals surface area (Å²) in [7, 11) is 0. The van der Waals surface area contributed by atoms with Crippen LogP contribution in [0.4, 0.5) is 4.79 Å². The van der Waals surface area contributed by atoms with Crippen molar-refractivity contribution < 1.29 is 19.4 Å². The van der Waals surface area contributed by atoms with Crippen LogP contribution in [0.5, 0.6) is 0 Å². The van der Waals surface area contributed by atoms with Crippen molar-refractivity contribution >= 4 is 23.3 Å². The zero-order chi connectivity index (χ0) is 14.5. The van der Waals surface area contributed by atoms with Crippen molar-refractivity contribution in [2.75, 3.05) is 6.54 Å². The number of rotatable bonds is 5. The summed E-state index contributed by atoms with van der Waals surface area (Å²) in [4.78, 5) is 27.4. The third-order valence-electron chi connectivity index (χ3n) is 3.13. The zero-order valence-electron chi connectivity index (χ0n) is 11.1. The summed E-state index contributed by atoms with van der Waals surface area (Å²) in [5.74, 6) is -0.947. The summed E-state index contributed by atoms with van der Waals surface area (Å²) in [5.41, 5.74) is 2.65. The van der Waals surface area contributed by atoms with E-state index >= 15 is 0 Å². The Kier molecular flexibility index (Phi) is 4.91. The van der Waals surface area contributed by atoms with Gasteiger partial charge in [0.05, 0.1) is 23.9 Å². The Hall–Kier alpha value is -1.67. The van der Waals surface area contributed by atoms with Gasteiger partial charge in [0.25, 0.3) is 0 Å². The molecule has 2 amide bonds. The molecule has 1 aromatic rings. The third-order valence-corrected chi connectivity index (χ3v) is 4.06. The Morgan fingerprint density at radius 3 is 2.90 bits per heavy atom. The monoisotopic (exact) mass is 299 g/mol. The number of urea groups is 1. The van der Waals surface area contributed by atoms with Crippen LogP contribution in [-0.4, -0.2) is 40.8 Å². The first-order chi connectivity index (χ1) is 9.56. The lowest BCUT2D eigenvalue weighted by atomic mass is 10.2. The maximum absolute atomic E-state index is 11.6. The second-order valence-corrected chi connectivity index (χ2v) is 5.53. The summed E-state index contributed by atoms with van der Waals surface area (Å²) in [6.07, 6.45) is 0.158. The second kappa shape index (κ2) is 6.67. The van der Waals surface area contributed by atoms with Gasteiger partial charge in [0, 0.05) is 11.4 Å². The lowest BCUT2D eigenvalue weighted by Crippen LogP contribution is -2.39. The number of aryl methyl sites for hydroxylation is 1. The van der Waals surface area contributed by atoms with Crippen LogP contribution in [0, 0.1) is 6.92 Å². The van der Waals surface area contributed by atoms with Gasteiger partial charge in [0.2, 0.25) is 0 Å². The number of nitrogens with one attached hydrogen (secondary N) is 2. The van der Waals surface area contributed by atoms with E-state index in [1.807, 2.05) is 6.92 Å². The highest BCUT2D eigenvalue weighted by molar-refractivity contribution is 7.09. The number of amides is 2. The van der Waals surface area contributed by atoms with Gasteiger partial charge in [-0.05, 0) is 19.8 Å². The van der Waals surface area contributed by atoms with Gasteiger partial charge in [-0.25, -0.2) is 14.6 Å². The highest BCUT2D eigenvalue weighted by Gasteiger charge is 2.30. The average Bonchev–Trinajstić information content (AvgIpc) is 3.03. The van der Waals surface area contributed by atoms with E-state index in [2.05, 4.69) is 15.6 Å². The molecule has 1 aliphatic heterocycles. The van der Waals surface area contributed by atoms with Crippen LogP contribution in [0.2, 0.25) is 0 Å². The number of aliphatic carboxylic acids is 1. The molecule has 1 aliphatic rings. The Morgan fingerprint density at radius 2 is 2.30 bits per heavy atom. The number of thiazole rings is 1. The Bertz CT molecular complexity index is 491. The van der Waals surface area contributed by atoms with E-state index in [1.165, 1.54) is 11.3 Å². The summed E-state index contributed by atoms with van der Waals surface area (Å²) in [6.45, 7) is 2.65. The lowest BCUT2D eigenvalue weighted by molar-refractivity contribution is -0.149. The van der Waals surface area contributed by atoms with Gasteiger partial charge in [-0.15, -0.1) is 11.3 Å². The molecule has 0 aliphatic carbocycles. The van der Waals surface area contributed by atoms with E-state index in [-0.39, 0.29) is 12.1 Å². The number of ether oxygens (including phenoxy) is 1. The fourth-order valence-corrected chi connectivity index (χ4v) is 2.68. The molecule has 7 nitrogen and oxygen atoms in total. The fraction of sp³-hybridized carbons (Fsp3) is 0.583. The van der Waals surface area contributed by atoms with E-state index in [1.54, 1.807) is 5.51 Å². The molecule has 2 rings (SSSR count). The third kappa shape index (κ3) is 3.91. The molecule has 1 fully saturated rings. The molecule has 1 saturated heterocycles. The molecule has 3 N–H and O–H groups in total. The molecule has 20 heavy (non-hydrogen) atoms. The Morgan fingerprint density at radius 1 is 1.50 bits per heavy atom. The number of carboxylic acid groups (broad SMARTS) is 1. The Balaban J connectivity index is 1.66. The van der Waals surface area contributed by atoms with Crippen molar-refractivity contribution in [1.82, 2.24) is 15.6 Å². The first-order valence-electron chi connectivity index (χ1n) is 6.35. The molecule has 2 heterocycles. The molecule has 0 spiro atoms. The molecular weight excluding hydrogens is 282 g/mol. The molecule has 8 heteroatoms. The summed E-state index contributed by atoms with van der Waals surface area (Å²) in [5, 5.41) is 14.2. The predicted molar refractivity (Wildman–Crippen MR) is 72.6 cm³/mol. The van der Waals surface area contributed by atoms with E-state index in [4.69, 9.17) is 9.84 Å². The van der Waals surface area contributed by atoms with Crippen molar-refractivity contribution in [3.8, 4) is 0 Å². The largest absolute Gasteiger partial charge is 0.479 e. The van der Waals surface area contributed by atoms with Crippen molar-refractivity contribution in [3.63, 3.8) is 0 Å². The van der Waals surface area contributed by atoms with Gasteiger partial charge in [0.1, 0.15) is 0 Å². The van der Waals surface area contributed by atoms with E-state index in [9.17, 15) is 9.59 Å². The minimum atomic E-state index is -0.947. The van der Waals surface area contributed by atoms with Gasteiger partial charge < -0.3 is 20.5 Å². The van der Waals surface area contributed by atoms with Crippen LogP contribution in [0.15, 0.2) is 5.51 Å². The molecule has 1 aromatic heterocycles. The van der Waals surface area contributed by atoms with Gasteiger partial charge >= 0.3 is 12.0 Å². The van der Waals surface area contributed by atoms with Crippen molar-refractivity contribution in [2.45, 2.75) is 38.5 Å². The maximum atomic E-state index is 11.6. The van der Waals surface area contributed by atoms with Crippen LogP contribution in [0.1, 0.15) is 23.4 Å². The summed E-state index contributed by atoms with van der Waals surface area (Å²) in [6, 6.07) is -0.292. The number of carbonyl (C=O) groups excluding carboxylic acids is 1. The molecular formula is C12H17N3O4S. The quantitative estimate of drug-likeness (QED) is 0.749. The smallest absolute Gasteiger partial charge is 0.332 e. The summed E-state index contributed by atoms with van der Waals surface area (Å²) < 4.78 is 5.29. The van der Waals surface area contributed by atoms with E-state index in [0.29, 0.717) is 25.9 Å². The van der Waals surface area contributed by atoms with Crippen LogP contribution < -0.4 is 10.6 Å². The van der Waals surface area contributed by atoms with Crippen molar-refractivity contribution in [3.05, 3.63) is 16.1 Å². The number of carboxylic acids is 1. The predicted octanol–water partition coefficient (Wildman–Crippen LogP) is 0.883. The number of hydrogen-bond acceptors (Lipinski definition) is 5. The molecule has 0 saturated carbocycles. The van der Waals surface area contributed by atoms with Crippen molar-refractivity contribution in [2.24, 2.45) is 0 Å². The van der Waals surface area contributed by atoms with Crippen LogP contribution in [0.25, 0.3) is 0 Å². The van der Waals surface area contributed by atoms with Gasteiger partial charge in [-0.3, -0.25) is 0 Å². The van der Waals surface area contributed by atoms with Crippen LogP contribution in [0.3, 0.4) is 0 Å². The van der Waals surface area contributed by atoms with E-state index in [0.717, 1.165) is 10.6 Å². The number of aromatic nitrogens is 1.